The van der Waals surface area contributed by atoms with Gasteiger partial charge in [0.2, 0.25) is 5.91 Å². The molecule has 1 N–H and O–H groups in total. The van der Waals surface area contributed by atoms with E-state index in [4.69, 9.17) is 9.26 Å². The topological polar surface area (TPSA) is 101 Å². The number of nitrogens with zero attached hydrogens (tertiary/aromatic N) is 4. The Balaban J connectivity index is 1.48. The Kier molecular flexibility index (Phi) is 5.98. The zero-order chi connectivity index (χ0) is 17.6. The van der Waals surface area contributed by atoms with Gasteiger partial charge < -0.3 is 19.5 Å². The standard InChI is InChI=1S/C16H25N5O4/c1-2-20-5-3-4-12(20)11-17-15(23)16-18-13(19-25-16)10-14(22)21-6-8-24-9-7-21/h12H,2-11H2,1H3,(H,17,23). The Hall–Kier alpha value is -2.00. The maximum absolute atomic E-state index is 12.2. The van der Waals surface area contributed by atoms with E-state index in [0.717, 1.165) is 25.9 Å². The van der Waals surface area contributed by atoms with Gasteiger partial charge in [-0.15, -0.1) is 0 Å². The van der Waals surface area contributed by atoms with Crippen LogP contribution in [0.25, 0.3) is 0 Å². The molecule has 2 fully saturated rings. The molecule has 1 unspecified atom stereocenters. The highest BCUT2D eigenvalue weighted by molar-refractivity contribution is 5.89. The molecule has 0 aromatic carbocycles. The summed E-state index contributed by atoms with van der Waals surface area (Å²) in [5.41, 5.74) is 0. The Morgan fingerprint density at radius 1 is 1.28 bits per heavy atom. The highest BCUT2D eigenvalue weighted by Gasteiger charge is 2.25. The summed E-state index contributed by atoms with van der Waals surface area (Å²) in [5.74, 6) is -0.329. The molecular formula is C16H25N5O4. The lowest BCUT2D eigenvalue weighted by Crippen LogP contribution is -2.41. The van der Waals surface area contributed by atoms with Gasteiger partial charge in [0.05, 0.1) is 19.6 Å². The van der Waals surface area contributed by atoms with E-state index in [1.165, 1.54) is 0 Å². The van der Waals surface area contributed by atoms with Crippen molar-refractivity contribution in [2.75, 3.05) is 45.9 Å². The monoisotopic (exact) mass is 351 g/mol. The molecule has 138 valence electrons. The van der Waals surface area contributed by atoms with Gasteiger partial charge in [0.15, 0.2) is 5.82 Å². The number of carbonyl (C=O) groups is 2. The van der Waals surface area contributed by atoms with Crippen LogP contribution in [-0.4, -0.2) is 83.7 Å². The molecule has 0 radical (unpaired) electrons. The first kappa shape index (κ1) is 17.8. The fraction of sp³-hybridized carbons (Fsp3) is 0.750. The SMILES string of the molecule is CCN1CCCC1CNC(=O)c1nc(CC(=O)N2CCOCC2)no1. The van der Waals surface area contributed by atoms with Crippen molar-refractivity contribution in [2.24, 2.45) is 0 Å². The first-order chi connectivity index (χ1) is 12.2. The Bertz CT molecular complexity index is 599. The van der Waals surface area contributed by atoms with E-state index in [1.54, 1.807) is 4.90 Å². The van der Waals surface area contributed by atoms with Gasteiger partial charge in [-0.3, -0.25) is 14.5 Å². The predicted octanol–water partition coefficient (Wildman–Crippen LogP) is -0.315. The van der Waals surface area contributed by atoms with Crippen LogP contribution in [0.5, 0.6) is 0 Å². The summed E-state index contributed by atoms with van der Waals surface area (Å²) in [6, 6.07) is 0.360. The highest BCUT2D eigenvalue weighted by Crippen LogP contribution is 2.15. The van der Waals surface area contributed by atoms with Crippen molar-refractivity contribution in [1.82, 2.24) is 25.3 Å². The Morgan fingerprint density at radius 2 is 2.08 bits per heavy atom. The van der Waals surface area contributed by atoms with Gasteiger partial charge in [-0.05, 0) is 25.9 Å². The quantitative estimate of drug-likeness (QED) is 0.750. The summed E-state index contributed by atoms with van der Waals surface area (Å²) >= 11 is 0. The molecule has 2 saturated heterocycles. The second-order valence-corrected chi connectivity index (χ2v) is 6.32. The summed E-state index contributed by atoms with van der Waals surface area (Å²) in [4.78, 5) is 32.4. The van der Waals surface area contributed by atoms with Crippen molar-refractivity contribution in [2.45, 2.75) is 32.2 Å². The first-order valence-electron chi connectivity index (χ1n) is 8.87. The number of morpholine rings is 1. The third kappa shape index (κ3) is 4.55. The minimum absolute atomic E-state index is 0.0308. The number of ether oxygens (including phenoxy) is 1. The average Bonchev–Trinajstić information content (AvgIpc) is 3.29. The number of rotatable bonds is 6. The molecule has 1 atom stereocenters. The van der Waals surface area contributed by atoms with E-state index in [-0.39, 0.29) is 30.0 Å². The van der Waals surface area contributed by atoms with Gasteiger partial charge in [-0.1, -0.05) is 12.1 Å². The van der Waals surface area contributed by atoms with Crippen LogP contribution in [0.3, 0.4) is 0 Å². The Labute approximate surface area is 146 Å². The van der Waals surface area contributed by atoms with Crippen molar-refractivity contribution in [3.63, 3.8) is 0 Å². The summed E-state index contributed by atoms with van der Waals surface area (Å²) in [6.07, 6.45) is 2.27. The van der Waals surface area contributed by atoms with E-state index in [1.807, 2.05) is 0 Å². The van der Waals surface area contributed by atoms with Gasteiger partial charge >= 0.3 is 11.8 Å². The molecule has 2 aliphatic heterocycles. The zero-order valence-electron chi connectivity index (χ0n) is 14.6. The van der Waals surface area contributed by atoms with Crippen LogP contribution in [-0.2, 0) is 16.0 Å². The van der Waals surface area contributed by atoms with Gasteiger partial charge in [0, 0.05) is 25.7 Å². The minimum Gasteiger partial charge on any atom is -0.378 e. The van der Waals surface area contributed by atoms with Crippen molar-refractivity contribution < 1.29 is 18.8 Å². The van der Waals surface area contributed by atoms with Crippen LogP contribution in [0.15, 0.2) is 4.52 Å². The normalized spacial score (nSPS) is 21.5. The molecule has 25 heavy (non-hydrogen) atoms. The van der Waals surface area contributed by atoms with E-state index in [9.17, 15) is 9.59 Å². The molecule has 0 spiro atoms. The molecule has 3 heterocycles. The fourth-order valence-electron chi connectivity index (χ4n) is 3.31. The summed E-state index contributed by atoms with van der Waals surface area (Å²) < 4.78 is 10.2. The molecule has 2 amide bonds. The number of hydrogen-bond donors (Lipinski definition) is 1. The van der Waals surface area contributed by atoms with Crippen molar-refractivity contribution >= 4 is 11.8 Å². The van der Waals surface area contributed by atoms with E-state index in [2.05, 4.69) is 27.3 Å². The highest BCUT2D eigenvalue weighted by atomic mass is 16.5. The summed E-state index contributed by atoms with van der Waals surface area (Å²) in [7, 11) is 0. The zero-order valence-corrected chi connectivity index (χ0v) is 14.6. The van der Waals surface area contributed by atoms with Crippen LogP contribution in [0.2, 0.25) is 0 Å². The van der Waals surface area contributed by atoms with Crippen LogP contribution in [0, 0.1) is 0 Å². The number of carbonyl (C=O) groups excluding carboxylic acids is 2. The number of nitrogens with one attached hydrogen (secondary N) is 1. The van der Waals surface area contributed by atoms with E-state index in [0.29, 0.717) is 38.9 Å². The first-order valence-corrected chi connectivity index (χ1v) is 8.87. The van der Waals surface area contributed by atoms with E-state index < -0.39 is 0 Å². The second kappa shape index (κ2) is 8.39. The van der Waals surface area contributed by atoms with Crippen molar-refractivity contribution in [3.8, 4) is 0 Å². The van der Waals surface area contributed by atoms with Crippen LogP contribution >= 0.6 is 0 Å². The summed E-state index contributed by atoms with van der Waals surface area (Å²) in [6.45, 7) is 6.97. The van der Waals surface area contributed by atoms with Crippen LogP contribution in [0.4, 0.5) is 0 Å². The minimum atomic E-state index is -0.388. The molecule has 2 aliphatic rings. The molecule has 0 bridgehead atoms. The largest absolute Gasteiger partial charge is 0.378 e. The fourth-order valence-corrected chi connectivity index (χ4v) is 3.31. The Morgan fingerprint density at radius 3 is 2.84 bits per heavy atom. The van der Waals surface area contributed by atoms with Crippen molar-refractivity contribution in [1.29, 1.82) is 0 Å². The molecule has 1 aromatic rings. The van der Waals surface area contributed by atoms with E-state index >= 15 is 0 Å². The maximum Gasteiger partial charge on any atom is 0.315 e. The van der Waals surface area contributed by atoms with Crippen molar-refractivity contribution in [3.05, 3.63) is 11.7 Å². The summed E-state index contributed by atoms with van der Waals surface area (Å²) in [5, 5.41) is 6.59. The van der Waals surface area contributed by atoms with Gasteiger partial charge in [-0.25, -0.2) is 0 Å². The molecule has 0 saturated carbocycles. The lowest BCUT2D eigenvalue weighted by Gasteiger charge is -2.26. The number of likely N-dealkylation sites (N-methyl/N-ethyl adjacent to an activating group) is 1. The average molecular weight is 351 g/mol. The van der Waals surface area contributed by atoms with Crippen LogP contribution < -0.4 is 5.32 Å². The molecule has 1 aromatic heterocycles. The third-order valence-corrected chi connectivity index (χ3v) is 4.74. The molecule has 9 nitrogen and oxygen atoms in total. The molecule has 9 heteroatoms. The molecule has 0 aliphatic carbocycles. The number of hydrogen-bond acceptors (Lipinski definition) is 7. The third-order valence-electron chi connectivity index (χ3n) is 4.74. The predicted molar refractivity (Wildman–Crippen MR) is 88.0 cm³/mol. The smallest absolute Gasteiger partial charge is 0.315 e. The van der Waals surface area contributed by atoms with Gasteiger partial charge in [0.1, 0.15) is 0 Å². The van der Waals surface area contributed by atoms with Gasteiger partial charge in [-0.2, -0.15) is 4.98 Å². The van der Waals surface area contributed by atoms with Gasteiger partial charge in [0.25, 0.3) is 0 Å². The molecule has 3 rings (SSSR count). The number of amides is 2. The second-order valence-electron chi connectivity index (χ2n) is 6.32. The lowest BCUT2D eigenvalue weighted by molar-refractivity contribution is -0.134. The number of aromatic nitrogens is 2. The van der Waals surface area contributed by atoms with Crippen LogP contribution in [0.1, 0.15) is 36.3 Å². The molecular weight excluding hydrogens is 326 g/mol. The maximum atomic E-state index is 12.2. The number of likely N-dealkylation sites (tertiary alicyclic amines) is 1. The lowest BCUT2D eigenvalue weighted by atomic mass is 10.2.